The van der Waals surface area contributed by atoms with Gasteiger partial charge in [0.25, 0.3) is 0 Å². The van der Waals surface area contributed by atoms with Crippen molar-refractivity contribution in [3.05, 3.63) is 33.8 Å². The molecule has 6 nitrogen and oxygen atoms in total. The van der Waals surface area contributed by atoms with Gasteiger partial charge < -0.3 is 5.73 Å². The fourth-order valence-electron chi connectivity index (χ4n) is 1.71. The molecule has 0 unspecified atom stereocenters. The van der Waals surface area contributed by atoms with E-state index >= 15 is 0 Å². The molecule has 0 aliphatic rings. The molecular formula is C11H16N4O2S2. The Morgan fingerprint density at radius 3 is 2.79 bits per heavy atom. The van der Waals surface area contributed by atoms with Crippen LogP contribution in [0.1, 0.15) is 15.3 Å². The van der Waals surface area contributed by atoms with E-state index in [1.54, 1.807) is 37.1 Å². The zero-order chi connectivity index (χ0) is 14.0. The summed E-state index contributed by atoms with van der Waals surface area (Å²) >= 11 is 1.41. The van der Waals surface area contributed by atoms with Gasteiger partial charge in [-0.1, -0.05) is 0 Å². The van der Waals surface area contributed by atoms with Crippen LogP contribution in [0.15, 0.2) is 23.4 Å². The normalized spacial score (nSPS) is 11.9. The van der Waals surface area contributed by atoms with Crippen molar-refractivity contribution in [2.75, 3.05) is 0 Å². The lowest BCUT2D eigenvalue weighted by molar-refractivity contribution is 0.581. The quantitative estimate of drug-likeness (QED) is 0.851. The van der Waals surface area contributed by atoms with E-state index in [1.165, 1.54) is 11.3 Å². The smallest absolute Gasteiger partial charge is 0.241 e. The van der Waals surface area contributed by atoms with Gasteiger partial charge in [0.2, 0.25) is 10.0 Å². The van der Waals surface area contributed by atoms with Crippen molar-refractivity contribution in [2.45, 2.75) is 24.9 Å². The van der Waals surface area contributed by atoms with E-state index in [0.717, 1.165) is 15.3 Å². The second-order valence-electron chi connectivity index (χ2n) is 4.18. The molecule has 0 saturated heterocycles. The van der Waals surface area contributed by atoms with Crippen LogP contribution < -0.4 is 10.5 Å². The lowest BCUT2D eigenvalue weighted by atomic mass is 10.4. The maximum Gasteiger partial charge on any atom is 0.241 e. The van der Waals surface area contributed by atoms with Crippen molar-refractivity contribution >= 4 is 21.4 Å². The number of thiophene rings is 1. The molecule has 0 aliphatic heterocycles. The van der Waals surface area contributed by atoms with Gasteiger partial charge in [-0.15, -0.1) is 11.3 Å². The Hall–Kier alpha value is -1.22. The van der Waals surface area contributed by atoms with E-state index in [-0.39, 0.29) is 6.54 Å². The molecule has 19 heavy (non-hydrogen) atoms. The zero-order valence-electron chi connectivity index (χ0n) is 10.8. The summed E-state index contributed by atoms with van der Waals surface area (Å²) in [5, 5.41) is 3.99. The van der Waals surface area contributed by atoms with Gasteiger partial charge in [-0.2, -0.15) is 5.10 Å². The Morgan fingerprint density at radius 1 is 1.53 bits per heavy atom. The summed E-state index contributed by atoms with van der Waals surface area (Å²) < 4.78 is 28.6. The van der Waals surface area contributed by atoms with E-state index in [2.05, 4.69) is 9.82 Å². The summed E-state index contributed by atoms with van der Waals surface area (Å²) in [5.74, 6) is 0. The Bertz CT molecular complexity index is 673. The summed E-state index contributed by atoms with van der Waals surface area (Å²) in [4.78, 5) is 1.92. The van der Waals surface area contributed by atoms with Crippen molar-refractivity contribution in [2.24, 2.45) is 12.8 Å². The fourth-order valence-corrected chi connectivity index (χ4v) is 4.24. The van der Waals surface area contributed by atoms with E-state index in [0.29, 0.717) is 11.4 Å². The van der Waals surface area contributed by atoms with Crippen LogP contribution in [0.5, 0.6) is 0 Å². The predicted molar refractivity (Wildman–Crippen MR) is 74.2 cm³/mol. The molecule has 0 amide bonds. The lowest BCUT2D eigenvalue weighted by Gasteiger charge is -2.04. The monoisotopic (exact) mass is 300 g/mol. The van der Waals surface area contributed by atoms with Crippen molar-refractivity contribution in [1.29, 1.82) is 0 Å². The number of nitrogens with one attached hydrogen (secondary N) is 1. The zero-order valence-corrected chi connectivity index (χ0v) is 12.4. The molecule has 3 N–H and O–H groups in total. The summed E-state index contributed by atoms with van der Waals surface area (Å²) in [6, 6.07) is 1.63. The highest BCUT2D eigenvalue weighted by Crippen LogP contribution is 2.25. The highest BCUT2D eigenvalue weighted by atomic mass is 32.2. The molecule has 0 bridgehead atoms. The topological polar surface area (TPSA) is 90.0 Å². The number of nitrogens with zero attached hydrogens (tertiary/aromatic N) is 2. The highest BCUT2D eigenvalue weighted by molar-refractivity contribution is 7.89. The van der Waals surface area contributed by atoms with Gasteiger partial charge in [0.15, 0.2) is 0 Å². The van der Waals surface area contributed by atoms with Gasteiger partial charge in [-0.25, -0.2) is 13.1 Å². The fraction of sp³-hybridized carbons (Fsp3) is 0.364. The van der Waals surface area contributed by atoms with Gasteiger partial charge >= 0.3 is 0 Å². The summed E-state index contributed by atoms with van der Waals surface area (Å²) in [6.07, 6.45) is 3.41. The van der Waals surface area contributed by atoms with Crippen LogP contribution >= 0.6 is 11.3 Å². The average Bonchev–Trinajstić information content (AvgIpc) is 2.93. The third-order valence-electron chi connectivity index (χ3n) is 2.64. The number of aryl methyl sites for hydroxylation is 2. The SMILES string of the molecule is Cc1sc(CN)cc1S(=O)(=O)NCc1cnn(C)c1. The van der Waals surface area contributed by atoms with Gasteiger partial charge in [0.05, 0.1) is 11.1 Å². The van der Waals surface area contributed by atoms with E-state index in [9.17, 15) is 8.42 Å². The second-order valence-corrected chi connectivity index (χ2v) is 7.26. The standard InChI is InChI=1S/C11H16N4O2S2/c1-8-11(3-10(4-12)18-8)19(16,17)14-6-9-5-13-15(2)7-9/h3,5,7,14H,4,6,12H2,1-2H3. The molecule has 2 aromatic rings. The number of sulfonamides is 1. The van der Waals surface area contributed by atoms with Crippen LogP contribution in [0.4, 0.5) is 0 Å². The predicted octanol–water partition coefficient (Wildman–Crippen LogP) is 0.727. The maximum absolute atomic E-state index is 12.2. The molecule has 0 aliphatic carbocycles. The van der Waals surface area contributed by atoms with Crippen molar-refractivity contribution in [3.8, 4) is 0 Å². The number of hydrogen-bond donors (Lipinski definition) is 2. The minimum atomic E-state index is -3.50. The van der Waals surface area contributed by atoms with Gasteiger partial charge in [0, 0.05) is 41.7 Å². The Morgan fingerprint density at radius 2 is 2.26 bits per heavy atom. The molecule has 0 aromatic carbocycles. The summed E-state index contributed by atoms with van der Waals surface area (Å²) in [6.45, 7) is 2.36. The molecule has 0 fully saturated rings. The number of aromatic nitrogens is 2. The largest absolute Gasteiger partial charge is 0.326 e. The number of hydrogen-bond acceptors (Lipinski definition) is 5. The molecule has 0 atom stereocenters. The number of nitrogens with two attached hydrogens (primary N) is 1. The molecule has 2 heterocycles. The first kappa shape index (κ1) is 14.2. The van der Waals surface area contributed by atoms with Crippen LogP contribution in [-0.4, -0.2) is 18.2 Å². The van der Waals surface area contributed by atoms with Crippen molar-refractivity contribution in [3.63, 3.8) is 0 Å². The molecule has 0 radical (unpaired) electrons. The van der Waals surface area contributed by atoms with Crippen molar-refractivity contribution in [1.82, 2.24) is 14.5 Å². The highest BCUT2D eigenvalue weighted by Gasteiger charge is 2.19. The molecule has 0 saturated carbocycles. The van der Waals surface area contributed by atoms with Crippen molar-refractivity contribution < 1.29 is 8.42 Å². The summed E-state index contributed by atoms with van der Waals surface area (Å²) in [7, 11) is -1.72. The van der Waals surface area contributed by atoms with Crippen LogP contribution in [0, 0.1) is 6.92 Å². The van der Waals surface area contributed by atoms with Crippen LogP contribution in [0.25, 0.3) is 0 Å². The Kier molecular flexibility index (Phi) is 4.04. The maximum atomic E-state index is 12.2. The van der Waals surface area contributed by atoms with Gasteiger partial charge in [-0.05, 0) is 13.0 Å². The lowest BCUT2D eigenvalue weighted by Crippen LogP contribution is -2.23. The third kappa shape index (κ3) is 3.21. The average molecular weight is 300 g/mol. The first-order valence-corrected chi connectivity index (χ1v) is 7.99. The first-order chi connectivity index (χ1) is 8.92. The van der Waals surface area contributed by atoms with E-state index < -0.39 is 10.0 Å². The molecule has 104 valence electrons. The first-order valence-electron chi connectivity index (χ1n) is 5.69. The van der Waals surface area contributed by atoms with Crippen LogP contribution in [0.3, 0.4) is 0 Å². The molecule has 8 heteroatoms. The van der Waals surface area contributed by atoms with Gasteiger partial charge in [-0.3, -0.25) is 4.68 Å². The number of rotatable bonds is 5. The Labute approximate surface area is 116 Å². The van der Waals surface area contributed by atoms with Crippen LogP contribution in [0.2, 0.25) is 0 Å². The molecule has 2 aromatic heterocycles. The second kappa shape index (κ2) is 5.41. The van der Waals surface area contributed by atoms with E-state index in [1.807, 2.05) is 0 Å². The van der Waals surface area contributed by atoms with E-state index in [4.69, 9.17) is 5.73 Å². The summed E-state index contributed by atoms with van der Waals surface area (Å²) in [5.41, 5.74) is 6.34. The molecule has 0 spiro atoms. The molecule has 2 rings (SSSR count). The minimum Gasteiger partial charge on any atom is -0.326 e. The Balaban J connectivity index is 2.15. The molecular weight excluding hydrogens is 284 g/mol. The third-order valence-corrected chi connectivity index (χ3v) is 5.37. The minimum absolute atomic E-state index is 0.226. The van der Waals surface area contributed by atoms with Gasteiger partial charge in [0.1, 0.15) is 0 Å². The van der Waals surface area contributed by atoms with Crippen LogP contribution in [-0.2, 0) is 30.2 Å².